The van der Waals surface area contributed by atoms with Gasteiger partial charge in [-0.3, -0.25) is 9.69 Å². The van der Waals surface area contributed by atoms with Crippen LogP contribution in [0.15, 0.2) is 53.4 Å². The predicted molar refractivity (Wildman–Crippen MR) is 99.5 cm³/mol. The SMILES string of the molecule is O=C1/C(=C/c2ccc3c(c2)OCCO3)SC(=S)N1c1ccccc1. The number of nitrogens with zero attached hydrogens (tertiary/aromatic N) is 1. The van der Waals surface area contributed by atoms with Gasteiger partial charge in [-0.2, -0.15) is 0 Å². The van der Waals surface area contributed by atoms with E-state index in [0.717, 1.165) is 17.0 Å². The van der Waals surface area contributed by atoms with Crippen LogP contribution in [-0.2, 0) is 4.79 Å². The number of thiocarbonyl (C=S) groups is 1. The summed E-state index contributed by atoms with van der Waals surface area (Å²) in [5.74, 6) is 1.33. The number of hydrogen-bond acceptors (Lipinski definition) is 5. The molecule has 4 rings (SSSR count). The Balaban J connectivity index is 1.64. The van der Waals surface area contributed by atoms with E-state index in [1.165, 1.54) is 11.8 Å². The smallest absolute Gasteiger partial charge is 0.270 e. The number of fused-ring (bicyclic) bond motifs is 1. The van der Waals surface area contributed by atoms with Gasteiger partial charge in [0.25, 0.3) is 5.91 Å². The second kappa shape index (κ2) is 6.30. The van der Waals surface area contributed by atoms with E-state index in [4.69, 9.17) is 21.7 Å². The molecule has 24 heavy (non-hydrogen) atoms. The summed E-state index contributed by atoms with van der Waals surface area (Å²) in [6.07, 6.45) is 1.83. The summed E-state index contributed by atoms with van der Waals surface area (Å²) in [5.41, 5.74) is 1.67. The molecular weight excluding hydrogens is 342 g/mol. The maximum Gasteiger partial charge on any atom is 0.270 e. The highest BCUT2D eigenvalue weighted by atomic mass is 32.2. The van der Waals surface area contributed by atoms with E-state index in [1.54, 1.807) is 4.90 Å². The zero-order chi connectivity index (χ0) is 16.5. The van der Waals surface area contributed by atoms with Crippen molar-refractivity contribution in [2.75, 3.05) is 18.1 Å². The lowest BCUT2D eigenvalue weighted by molar-refractivity contribution is -0.113. The molecule has 4 nitrogen and oxygen atoms in total. The fraction of sp³-hybridized carbons (Fsp3) is 0.111. The van der Waals surface area contributed by atoms with Crippen LogP contribution in [0.1, 0.15) is 5.56 Å². The van der Waals surface area contributed by atoms with E-state index in [-0.39, 0.29) is 5.91 Å². The first-order chi connectivity index (χ1) is 11.7. The molecule has 2 heterocycles. The quantitative estimate of drug-likeness (QED) is 0.604. The highest BCUT2D eigenvalue weighted by Crippen LogP contribution is 2.37. The Bertz CT molecular complexity index is 849. The third kappa shape index (κ3) is 2.79. The molecule has 2 aromatic rings. The number of thioether (sulfide) groups is 1. The lowest BCUT2D eigenvalue weighted by Gasteiger charge is -2.18. The van der Waals surface area contributed by atoms with E-state index < -0.39 is 0 Å². The normalized spacial score (nSPS) is 18.3. The van der Waals surface area contributed by atoms with Crippen LogP contribution in [0.2, 0.25) is 0 Å². The van der Waals surface area contributed by atoms with Gasteiger partial charge in [-0.1, -0.05) is 48.2 Å². The molecule has 0 aromatic heterocycles. The van der Waals surface area contributed by atoms with Crippen molar-refractivity contribution in [2.24, 2.45) is 0 Å². The Morgan fingerprint density at radius 1 is 1.04 bits per heavy atom. The molecule has 2 aromatic carbocycles. The van der Waals surface area contributed by atoms with Crippen LogP contribution in [0.25, 0.3) is 6.08 Å². The van der Waals surface area contributed by atoms with Crippen LogP contribution in [0.5, 0.6) is 11.5 Å². The highest BCUT2D eigenvalue weighted by molar-refractivity contribution is 8.27. The number of rotatable bonds is 2. The van der Waals surface area contributed by atoms with Gasteiger partial charge in [0.1, 0.15) is 13.2 Å². The summed E-state index contributed by atoms with van der Waals surface area (Å²) in [4.78, 5) is 14.9. The maximum atomic E-state index is 12.7. The molecule has 0 bridgehead atoms. The van der Waals surface area contributed by atoms with E-state index >= 15 is 0 Å². The molecule has 2 aliphatic heterocycles. The van der Waals surface area contributed by atoms with E-state index in [2.05, 4.69) is 0 Å². The van der Waals surface area contributed by atoms with E-state index in [0.29, 0.717) is 28.2 Å². The van der Waals surface area contributed by atoms with Crippen LogP contribution >= 0.6 is 24.0 Å². The molecule has 0 spiro atoms. The molecule has 0 N–H and O–H groups in total. The maximum absolute atomic E-state index is 12.7. The van der Waals surface area contributed by atoms with Gasteiger partial charge in [0.15, 0.2) is 15.8 Å². The van der Waals surface area contributed by atoms with Gasteiger partial charge >= 0.3 is 0 Å². The molecule has 0 atom stereocenters. The molecule has 6 heteroatoms. The second-order valence-corrected chi connectivity index (χ2v) is 6.93. The van der Waals surface area contributed by atoms with Crippen molar-refractivity contribution < 1.29 is 14.3 Å². The fourth-order valence-corrected chi connectivity index (χ4v) is 3.87. The lowest BCUT2D eigenvalue weighted by Crippen LogP contribution is -2.27. The summed E-state index contributed by atoms with van der Waals surface area (Å²) in [6, 6.07) is 15.1. The Labute approximate surface area is 149 Å². The largest absolute Gasteiger partial charge is 0.486 e. The van der Waals surface area contributed by atoms with Gasteiger partial charge in [-0.05, 0) is 35.9 Å². The standard InChI is InChI=1S/C18H13NO3S2/c20-17-16(24-18(23)19(17)13-4-2-1-3-5-13)11-12-6-7-14-15(10-12)22-9-8-21-14/h1-7,10-11H,8-9H2/b16-11-. The number of amides is 1. The third-order valence-corrected chi connectivity index (χ3v) is 4.97. The molecule has 1 amide bonds. The number of carbonyl (C=O) groups is 1. The highest BCUT2D eigenvalue weighted by Gasteiger charge is 2.33. The van der Waals surface area contributed by atoms with E-state index in [9.17, 15) is 4.79 Å². The van der Waals surface area contributed by atoms with Crippen LogP contribution in [0.4, 0.5) is 5.69 Å². The molecule has 0 aliphatic carbocycles. The van der Waals surface area contributed by atoms with Crippen molar-refractivity contribution in [1.29, 1.82) is 0 Å². The number of anilines is 1. The number of carbonyl (C=O) groups excluding carboxylic acids is 1. The monoisotopic (exact) mass is 355 g/mol. The van der Waals surface area contributed by atoms with Crippen LogP contribution in [-0.4, -0.2) is 23.4 Å². The molecule has 0 radical (unpaired) electrons. The fourth-order valence-electron chi connectivity index (χ4n) is 2.57. The third-order valence-electron chi connectivity index (χ3n) is 3.67. The number of benzene rings is 2. The Kier molecular flexibility index (Phi) is 4.00. The zero-order valence-corrected chi connectivity index (χ0v) is 14.2. The first-order valence-electron chi connectivity index (χ1n) is 7.45. The topological polar surface area (TPSA) is 38.8 Å². The molecule has 2 aliphatic rings. The number of ether oxygens (including phenoxy) is 2. The van der Waals surface area contributed by atoms with Gasteiger partial charge in [0.05, 0.1) is 10.6 Å². The van der Waals surface area contributed by atoms with Crippen molar-refractivity contribution in [3.63, 3.8) is 0 Å². The van der Waals surface area contributed by atoms with Crippen molar-refractivity contribution in [3.05, 3.63) is 59.0 Å². The van der Waals surface area contributed by atoms with Crippen LogP contribution in [0.3, 0.4) is 0 Å². The van der Waals surface area contributed by atoms with E-state index in [1.807, 2.05) is 54.6 Å². The first-order valence-corrected chi connectivity index (χ1v) is 8.67. The Morgan fingerprint density at radius 2 is 1.79 bits per heavy atom. The molecule has 0 saturated carbocycles. The van der Waals surface area contributed by atoms with Gasteiger partial charge in [0.2, 0.25) is 0 Å². The predicted octanol–water partition coefficient (Wildman–Crippen LogP) is 3.86. The Hall–Kier alpha value is -2.31. The molecule has 1 fully saturated rings. The molecule has 0 unspecified atom stereocenters. The minimum absolute atomic E-state index is 0.105. The van der Waals surface area contributed by atoms with Crippen LogP contribution < -0.4 is 14.4 Å². The van der Waals surface area contributed by atoms with Gasteiger partial charge in [-0.15, -0.1) is 0 Å². The van der Waals surface area contributed by atoms with Gasteiger partial charge in [-0.25, -0.2) is 0 Å². The molecule has 1 saturated heterocycles. The van der Waals surface area contributed by atoms with Crippen molar-refractivity contribution in [2.45, 2.75) is 0 Å². The zero-order valence-electron chi connectivity index (χ0n) is 12.6. The van der Waals surface area contributed by atoms with Crippen LogP contribution in [0, 0.1) is 0 Å². The summed E-state index contributed by atoms with van der Waals surface area (Å²) in [6.45, 7) is 1.09. The van der Waals surface area contributed by atoms with Crippen molar-refractivity contribution in [3.8, 4) is 11.5 Å². The van der Waals surface area contributed by atoms with Crippen molar-refractivity contribution in [1.82, 2.24) is 0 Å². The average Bonchev–Trinajstić information content (AvgIpc) is 2.89. The van der Waals surface area contributed by atoms with Gasteiger partial charge in [0, 0.05) is 0 Å². The number of para-hydroxylation sites is 1. The summed E-state index contributed by atoms with van der Waals surface area (Å²) in [5, 5.41) is 0. The Morgan fingerprint density at radius 3 is 2.58 bits per heavy atom. The number of hydrogen-bond donors (Lipinski definition) is 0. The lowest BCUT2D eigenvalue weighted by atomic mass is 10.1. The molecular formula is C18H13NO3S2. The minimum Gasteiger partial charge on any atom is -0.486 e. The van der Waals surface area contributed by atoms with Crippen molar-refractivity contribution >= 4 is 46.0 Å². The first kappa shape index (κ1) is 15.2. The summed E-state index contributed by atoms with van der Waals surface area (Å²) in [7, 11) is 0. The minimum atomic E-state index is -0.105. The average molecular weight is 355 g/mol. The van der Waals surface area contributed by atoms with Gasteiger partial charge < -0.3 is 9.47 Å². The summed E-state index contributed by atoms with van der Waals surface area (Å²) < 4.78 is 11.6. The molecule has 120 valence electrons. The summed E-state index contributed by atoms with van der Waals surface area (Å²) >= 11 is 6.68. The second-order valence-electron chi connectivity index (χ2n) is 5.26.